The molecule has 0 aromatic heterocycles. The van der Waals surface area contributed by atoms with Crippen LogP contribution in [0.3, 0.4) is 0 Å². The van der Waals surface area contributed by atoms with E-state index in [1.807, 2.05) is 0 Å². The summed E-state index contributed by atoms with van der Waals surface area (Å²) in [5.74, 6) is 0. The van der Waals surface area contributed by atoms with Crippen LogP contribution in [-0.4, -0.2) is 64.3 Å². The van der Waals surface area contributed by atoms with Crippen LogP contribution in [0, 0.1) is 0 Å². The minimum Gasteiger partial charge on any atom is -0.394 e. The van der Waals surface area contributed by atoms with Crippen LogP contribution >= 0.6 is 0 Å². The van der Waals surface area contributed by atoms with Crippen LogP contribution in [0.5, 0.6) is 0 Å². The third-order valence-corrected chi connectivity index (χ3v) is 3.38. The van der Waals surface area contributed by atoms with Gasteiger partial charge in [-0.05, 0) is 6.42 Å². The lowest BCUT2D eigenvalue weighted by Crippen LogP contribution is -2.59. The van der Waals surface area contributed by atoms with E-state index in [0.29, 0.717) is 6.61 Å². The Kier molecular flexibility index (Phi) is 7.82. The first-order valence-electron chi connectivity index (χ1n) is 7.04. The van der Waals surface area contributed by atoms with Crippen molar-refractivity contribution in [2.24, 2.45) is 0 Å². The van der Waals surface area contributed by atoms with Crippen LogP contribution in [0.25, 0.3) is 0 Å². The largest absolute Gasteiger partial charge is 0.394 e. The van der Waals surface area contributed by atoms with Gasteiger partial charge in [-0.25, -0.2) is 0 Å². The topological polar surface area (TPSA) is 99.4 Å². The zero-order valence-electron chi connectivity index (χ0n) is 11.4. The van der Waals surface area contributed by atoms with E-state index in [2.05, 4.69) is 6.92 Å². The normalized spacial score (nSPS) is 35.5. The van der Waals surface area contributed by atoms with Crippen LogP contribution in [-0.2, 0) is 9.47 Å². The van der Waals surface area contributed by atoms with Crippen molar-refractivity contribution in [3.63, 3.8) is 0 Å². The van der Waals surface area contributed by atoms with Gasteiger partial charge in [0.15, 0.2) is 6.29 Å². The Hall–Kier alpha value is -0.240. The molecule has 4 N–H and O–H groups in total. The molecule has 19 heavy (non-hydrogen) atoms. The molecule has 0 unspecified atom stereocenters. The van der Waals surface area contributed by atoms with Crippen molar-refractivity contribution in [1.29, 1.82) is 0 Å². The van der Waals surface area contributed by atoms with Crippen molar-refractivity contribution in [3.05, 3.63) is 0 Å². The summed E-state index contributed by atoms with van der Waals surface area (Å²) in [5.41, 5.74) is 0. The molecule has 1 aliphatic heterocycles. The second kappa shape index (κ2) is 8.84. The standard InChI is InChI=1S/C13H26O6/c1-2-3-4-5-6-7-18-13-12(17)11(16)10(15)9(8-14)19-13/h9-17H,2-8H2,1H3/t9-,10+,11+,12+,13-/m1/s1. The maximum atomic E-state index is 9.72. The van der Waals surface area contributed by atoms with Gasteiger partial charge in [0.25, 0.3) is 0 Å². The fourth-order valence-electron chi connectivity index (χ4n) is 2.11. The van der Waals surface area contributed by atoms with Crippen molar-refractivity contribution in [2.45, 2.75) is 69.7 Å². The first-order valence-corrected chi connectivity index (χ1v) is 7.04. The molecule has 0 amide bonds. The minimum atomic E-state index is -1.36. The van der Waals surface area contributed by atoms with Crippen molar-refractivity contribution in [2.75, 3.05) is 13.2 Å². The molecule has 1 rings (SSSR count). The number of aliphatic hydroxyl groups excluding tert-OH is 4. The Morgan fingerprint density at radius 2 is 1.63 bits per heavy atom. The minimum absolute atomic E-state index is 0.423. The molecule has 114 valence electrons. The average molecular weight is 278 g/mol. The van der Waals surface area contributed by atoms with Gasteiger partial charge >= 0.3 is 0 Å². The summed E-state index contributed by atoms with van der Waals surface area (Å²) >= 11 is 0. The summed E-state index contributed by atoms with van der Waals surface area (Å²) in [7, 11) is 0. The van der Waals surface area contributed by atoms with Crippen molar-refractivity contribution < 1.29 is 29.9 Å². The summed E-state index contributed by atoms with van der Waals surface area (Å²) in [6.45, 7) is 2.14. The van der Waals surface area contributed by atoms with Gasteiger partial charge in [-0.3, -0.25) is 0 Å². The molecule has 5 atom stereocenters. The second-order valence-electron chi connectivity index (χ2n) is 4.98. The molecule has 0 radical (unpaired) electrons. The van der Waals surface area contributed by atoms with Crippen molar-refractivity contribution in [3.8, 4) is 0 Å². The zero-order valence-corrected chi connectivity index (χ0v) is 11.4. The van der Waals surface area contributed by atoms with E-state index < -0.39 is 37.3 Å². The number of hydrogen-bond acceptors (Lipinski definition) is 6. The molecule has 6 heteroatoms. The van der Waals surface area contributed by atoms with Crippen LogP contribution in [0.2, 0.25) is 0 Å². The molecule has 0 aromatic carbocycles. The van der Waals surface area contributed by atoms with Gasteiger partial charge in [-0.15, -0.1) is 0 Å². The second-order valence-corrected chi connectivity index (χ2v) is 4.98. The number of unbranched alkanes of at least 4 members (excludes halogenated alkanes) is 4. The highest BCUT2D eigenvalue weighted by Crippen LogP contribution is 2.22. The number of rotatable bonds is 8. The van der Waals surface area contributed by atoms with Crippen LogP contribution in [0.4, 0.5) is 0 Å². The molecule has 1 saturated heterocycles. The van der Waals surface area contributed by atoms with Crippen LogP contribution < -0.4 is 0 Å². The first-order chi connectivity index (χ1) is 9.11. The zero-order chi connectivity index (χ0) is 14.3. The molecule has 0 spiro atoms. The Balaban J connectivity index is 2.28. The molecular weight excluding hydrogens is 252 g/mol. The summed E-state index contributed by atoms with van der Waals surface area (Å²) in [6, 6.07) is 0. The lowest BCUT2D eigenvalue weighted by atomic mass is 9.99. The van der Waals surface area contributed by atoms with Crippen molar-refractivity contribution >= 4 is 0 Å². The fourth-order valence-corrected chi connectivity index (χ4v) is 2.11. The first kappa shape index (κ1) is 16.8. The highest BCUT2D eigenvalue weighted by Gasteiger charge is 2.43. The van der Waals surface area contributed by atoms with E-state index in [9.17, 15) is 15.3 Å². The fraction of sp³-hybridized carbons (Fsp3) is 1.00. The molecule has 1 aliphatic rings. The van der Waals surface area contributed by atoms with Gasteiger partial charge < -0.3 is 29.9 Å². The summed E-state index contributed by atoms with van der Waals surface area (Å²) in [6.07, 6.45) is -0.471. The SMILES string of the molecule is CCCCCCCO[C@@H]1O[C@H](CO)[C@H](O)[C@H](O)[C@@H]1O. The average Bonchev–Trinajstić information content (AvgIpc) is 2.42. The molecule has 0 bridgehead atoms. The van der Waals surface area contributed by atoms with Gasteiger partial charge in [-0.1, -0.05) is 32.6 Å². The van der Waals surface area contributed by atoms with E-state index in [4.69, 9.17) is 14.6 Å². The van der Waals surface area contributed by atoms with Crippen molar-refractivity contribution in [1.82, 2.24) is 0 Å². The summed E-state index contributed by atoms with van der Waals surface area (Å²) < 4.78 is 10.6. The number of aliphatic hydroxyl groups is 4. The Bertz CT molecular complexity index is 235. The number of hydrogen-bond donors (Lipinski definition) is 4. The van der Waals surface area contributed by atoms with E-state index in [-0.39, 0.29) is 0 Å². The Morgan fingerprint density at radius 3 is 2.26 bits per heavy atom. The highest BCUT2D eigenvalue weighted by molar-refractivity contribution is 4.88. The summed E-state index contributed by atoms with van der Waals surface area (Å²) in [4.78, 5) is 0. The highest BCUT2D eigenvalue weighted by atomic mass is 16.7. The van der Waals surface area contributed by atoms with E-state index >= 15 is 0 Å². The molecule has 0 aromatic rings. The van der Waals surface area contributed by atoms with Crippen LogP contribution in [0.15, 0.2) is 0 Å². The maximum absolute atomic E-state index is 9.72. The lowest BCUT2D eigenvalue weighted by molar-refractivity contribution is -0.301. The van der Waals surface area contributed by atoms with Gasteiger partial charge in [0, 0.05) is 6.61 Å². The molecule has 1 fully saturated rings. The van der Waals surface area contributed by atoms with E-state index in [1.165, 1.54) is 12.8 Å². The molecule has 6 nitrogen and oxygen atoms in total. The third kappa shape index (κ3) is 4.98. The van der Waals surface area contributed by atoms with Gasteiger partial charge in [0.1, 0.15) is 24.4 Å². The van der Waals surface area contributed by atoms with E-state index in [0.717, 1.165) is 19.3 Å². The summed E-state index contributed by atoms with van der Waals surface area (Å²) in [5, 5.41) is 37.9. The van der Waals surface area contributed by atoms with Crippen LogP contribution in [0.1, 0.15) is 39.0 Å². The molecule has 1 heterocycles. The molecule has 0 saturated carbocycles. The Labute approximate surface area is 114 Å². The molecule has 0 aliphatic carbocycles. The maximum Gasteiger partial charge on any atom is 0.186 e. The smallest absolute Gasteiger partial charge is 0.186 e. The number of ether oxygens (including phenoxy) is 2. The Morgan fingerprint density at radius 1 is 0.947 bits per heavy atom. The van der Waals surface area contributed by atoms with Gasteiger partial charge in [-0.2, -0.15) is 0 Å². The van der Waals surface area contributed by atoms with E-state index in [1.54, 1.807) is 0 Å². The third-order valence-electron chi connectivity index (χ3n) is 3.38. The predicted molar refractivity (Wildman–Crippen MR) is 68.5 cm³/mol. The van der Waals surface area contributed by atoms with Gasteiger partial charge in [0.05, 0.1) is 6.61 Å². The monoisotopic (exact) mass is 278 g/mol. The molecular formula is C13H26O6. The predicted octanol–water partition coefficient (Wildman–Crippen LogP) is -0.227. The lowest BCUT2D eigenvalue weighted by Gasteiger charge is -2.39. The van der Waals surface area contributed by atoms with Gasteiger partial charge in [0.2, 0.25) is 0 Å². The quantitative estimate of drug-likeness (QED) is 0.458.